The summed E-state index contributed by atoms with van der Waals surface area (Å²) in [6.07, 6.45) is -1.52. The van der Waals surface area contributed by atoms with Gasteiger partial charge in [0.15, 0.2) is 12.1 Å². The number of benzene rings is 2. The highest BCUT2D eigenvalue weighted by atomic mass is 32.2. The first-order valence-electron chi connectivity index (χ1n) is 12.8. The Morgan fingerprint density at radius 1 is 0.850 bits per heavy atom. The van der Waals surface area contributed by atoms with E-state index in [2.05, 4.69) is 28.1 Å². The van der Waals surface area contributed by atoms with E-state index >= 15 is 0 Å². The summed E-state index contributed by atoms with van der Waals surface area (Å²) in [6, 6.07) is 20.2. The first-order valence-corrected chi connectivity index (χ1v) is 17.6. The maximum Gasteiger partial charge on any atom is 0.522 e. The number of fused-ring (bicyclic) bond motifs is 1. The van der Waals surface area contributed by atoms with Crippen LogP contribution in [0.3, 0.4) is 0 Å². The number of hydrogen-bond acceptors (Lipinski definition) is 8. The lowest BCUT2D eigenvalue weighted by Crippen LogP contribution is -2.57. The van der Waals surface area contributed by atoms with E-state index in [0.717, 1.165) is 11.1 Å². The molecule has 2 aromatic rings. The highest BCUT2D eigenvalue weighted by Crippen LogP contribution is 2.39. The van der Waals surface area contributed by atoms with Gasteiger partial charge in [-0.15, -0.1) is 0 Å². The molecule has 0 amide bonds. The Morgan fingerprint density at radius 2 is 1.32 bits per heavy atom. The van der Waals surface area contributed by atoms with E-state index in [1.165, 1.54) is 19.6 Å². The monoisotopic (exact) mass is 606 g/mol. The summed E-state index contributed by atoms with van der Waals surface area (Å²) in [5.74, 6) is -0.711. The Balaban J connectivity index is 0.000000312. The zero-order valence-corrected chi connectivity index (χ0v) is 25.2. The lowest BCUT2D eigenvalue weighted by Gasteiger charge is -2.41. The highest BCUT2D eigenvalue weighted by molar-refractivity contribution is 7.88. The van der Waals surface area contributed by atoms with Crippen LogP contribution in [0, 0.1) is 0 Å². The quantitative estimate of drug-likeness (QED) is 0.278. The Hall–Kier alpha value is -1.84. The van der Waals surface area contributed by atoms with Gasteiger partial charge < -0.3 is 27.6 Å². The topological polar surface area (TPSA) is 89.5 Å². The molecule has 224 valence electrons. The van der Waals surface area contributed by atoms with E-state index in [9.17, 15) is 21.6 Å². The van der Waals surface area contributed by atoms with Crippen LogP contribution in [0.1, 0.15) is 31.9 Å². The molecule has 13 heteroatoms. The normalized spacial score (nSPS) is 26.5. The van der Waals surface area contributed by atoms with Gasteiger partial charge in [0.1, 0.15) is 18.3 Å². The van der Waals surface area contributed by atoms with Crippen LogP contribution in [-0.4, -0.2) is 58.7 Å². The average Bonchev–Trinajstić information content (AvgIpc) is 3.14. The summed E-state index contributed by atoms with van der Waals surface area (Å²) in [5.41, 5.74) is -3.09. The fourth-order valence-electron chi connectivity index (χ4n) is 4.16. The third kappa shape index (κ3) is 9.34. The summed E-state index contributed by atoms with van der Waals surface area (Å²) in [5, 5.41) is 0. The molecule has 0 aliphatic carbocycles. The minimum atomic E-state index is -5.39. The van der Waals surface area contributed by atoms with E-state index in [-0.39, 0.29) is 24.4 Å². The molecular formula is C27H37F3O8SSi. The molecule has 4 rings (SSSR count). The molecule has 2 fully saturated rings. The van der Waals surface area contributed by atoms with Crippen LogP contribution in [0.25, 0.3) is 0 Å². The average molecular weight is 607 g/mol. The molecule has 2 aliphatic heterocycles. The summed E-state index contributed by atoms with van der Waals surface area (Å²) >= 11 is 0. The van der Waals surface area contributed by atoms with Crippen LogP contribution in [0.15, 0.2) is 60.7 Å². The molecule has 0 aromatic heterocycles. The minimum Gasteiger partial charge on any atom is -0.368 e. The zero-order valence-electron chi connectivity index (χ0n) is 23.4. The van der Waals surface area contributed by atoms with Crippen molar-refractivity contribution in [1.29, 1.82) is 0 Å². The number of alkyl halides is 3. The molecular weight excluding hydrogens is 569 g/mol. The molecule has 8 nitrogen and oxygen atoms in total. The molecule has 2 aliphatic rings. The summed E-state index contributed by atoms with van der Waals surface area (Å²) in [4.78, 5) is 0. The smallest absolute Gasteiger partial charge is 0.368 e. The molecule has 0 spiro atoms. The molecule has 0 bridgehead atoms. The van der Waals surface area contributed by atoms with Crippen molar-refractivity contribution in [2.24, 2.45) is 0 Å². The summed E-state index contributed by atoms with van der Waals surface area (Å²) in [6.45, 7) is 10.8. The van der Waals surface area contributed by atoms with Crippen molar-refractivity contribution < 1.29 is 49.1 Å². The molecule has 2 unspecified atom stereocenters. The van der Waals surface area contributed by atoms with Crippen LogP contribution in [0.2, 0.25) is 19.6 Å². The molecule has 0 saturated carbocycles. The predicted octanol–water partition coefficient (Wildman–Crippen LogP) is 5.74. The van der Waals surface area contributed by atoms with Gasteiger partial charge in [0.05, 0.1) is 19.3 Å². The first kappa shape index (κ1) is 32.7. The van der Waals surface area contributed by atoms with Gasteiger partial charge in [-0.25, -0.2) is 0 Å². The van der Waals surface area contributed by atoms with Crippen LogP contribution in [0.5, 0.6) is 0 Å². The van der Waals surface area contributed by atoms with E-state index in [1.807, 2.05) is 57.2 Å². The van der Waals surface area contributed by atoms with Crippen molar-refractivity contribution in [1.82, 2.24) is 0 Å². The molecule has 2 aromatic carbocycles. The van der Waals surface area contributed by atoms with Crippen LogP contribution >= 0.6 is 0 Å². The lowest BCUT2D eigenvalue weighted by atomic mass is 9.99. The Bertz CT molecular complexity index is 1170. The number of ether oxygens (including phenoxy) is 5. The Morgan fingerprint density at radius 3 is 1.75 bits per heavy atom. The highest BCUT2D eigenvalue weighted by Gasteiger charge is 2.54. The van der Waals surface area contributed by atoms with E-state index in [4.69, 9.17) is 23.7 Å². The fraction of sp³-hybridized carbons (Fsp3) is 0.556. The Labute approximate surface area is 234 Å². The van der Waals surface area contributed by atoms with E-state index in [0.29, 0.717) is 13.2 Å². The summed E-state index contributed by atoms with van der Waals surface area (Å²) < 4.78 is 90.5. The molecule has 0 radical (unpaired) electrons. The van der Waals surface area contributed by atoms with Gasteiger partial charge in [0, 0.05) is 0 Å². The van der Waals surface area contributed by atoms with Crippen LogP contribution in [0.4, 0.5) is 13.2 Å². The molecule has 40 heavy (non-hydrogen) atoms. The van der Waals surface area contributed by atoms with Crippen molar-refractivity contribution >= 4 is 18.4 Å². The second-order valence-corrected chi connectivity index (χ2v) is 17.2. The van der Waals surface area contributed by atoms with Gasteiger partial charge in [-0.05, 0) is 51.5 Å². The molecule has 2 heterocycles. The number of halogens is 3. The van der Waals surface area contributed by atoms with E-state index < -0.39 is 36.0 Å². The molecule has 5 atom stereocenters. The van der Waals surface area contributed by atoms with Gasteiger partial charge >= 0.3 is 15.6 Å². The molecule has 2 saturated heterocycles. The van der Waals surface area contributed by atoms with Gasteiger partial charge in [-0.2, -0.15) is 21.6 Å². The second-order valence-electron chi connectivity index (χ2n) is 10.9. The standard InChI is InChI=1S/C23H28O5.C4H9F3O3SSi/c1-16-19(24-14-17-10-6-4-7-11-17)20(25-15-18-12-8-5-9-13-18)21-22(26-16)28-23(2,3)27-21;1-12(2,3)10-11(8,9)4(5,6)7/h4-13,16,19-22H,14-15H2,1-3H3;1-3H3/t16?,19-,20-,21?,22+;/m0./s1. The SMILES string of the molecule is CC1O[C@@H]2OC(C)(C)OC2[C@@H](OCc2ccccc2)[C@H]1OCc1ccccc1.C[Si](C)(C)OS(=O)(=O)C(F)(F)F. The number of rotatable bonds is 8. The second kappa shape index (κ2) is 13.0. The van der Waals surface area contributed by atoms with E-state index in [1.54, 1.807) is 0 Å². The maximum atomic E-state index is 11.7. The van der Waals surface area contributed by atoms with Crippen LogP contribution in [-0.2, 0) is 50.9 Å². The maximum absolute atomic E-state index is 11.7. The Kier molecular flexibility index (Phi) is 10.6. The fourth-order valence-corrected chi connectivity index (χ4v) is 7.17. The van der Waals surface area contributed by atoms with Gasteiger partial charge in [-0.3, -0.25) is 0 Å². The zero-order chi connectivity index (χ0) is 29.8. The third-order valence-corrected chi connectivity index (χ3v) is 9.21. The largest absolute Gasteiger partial charge is 0.522 e. The van der Waals surface area contributed by atoms with Crippen LogP contribution < -0.4 is 0 Å². The third-order valence-electron chi connectivity index (χ3n) is 5.76. The number of hydrogen-bond donors (Lipinski definition) is 0. The lowest BCUT2D eigenvalue weighted by molar-refractivity contribution is -0.266. The summed E-state index contributed by atoms with van der Waals surface area (Å²) in [7, 11) is -8.10. The van der Waals surface area contributed by atoms with Crippen molar-refractivity contribution in [3.63, 3.8) is 0 Å². The minimum absolute atomic E-state index is 0.178. The first-order chi connectivity index (χ1) is 18.5. The van der Waals surface area contributed by atoms with Crippen molar-refractivity contribution in [2.45, 2.75) is 95.6 Å². The van der Waals surface area contributed by atoms with Gasteiger partial charge in [-0.1, -0.05) is 60.7 Å². The van der Waals surface area contributed by atoms with Crippen molar-refractivity contribution in [3.05, 3.63) is 71.8 Å². The van der Waals surface area contributed by atoms with Crippen molar-refractivity contribution in [3.8, 4) is 0 Å². The predicted molar refractivity (Wildman–Crippen MR) is 144 cm³/mol. The van der Waals surface area contributed by atoms with Crippen molar-refractivity contribution in [2.75, 3.05) is 0 Å². The van der Waals surface area contributed by atoms with Gasteiger partial charge in [0.25, 0.3) is 0 Å². The van der Waals surface area contributed by atoms with Gasteiger partial charge in [0.2, 0.25) is 8.32 Å². The molecule has 0 N–H and O–H groups in total.